The molecule has 68 valence electrons. The standard InChI is InChI=1S/C10H11NO2/c11-10(13)9-7-4-2-1-3-6(7)5-8(9)12/h1-4,8-9,12H,5H2,(H2,11,13)/t8-,9+/m1/s1. The summed E-state index contributed by atoms with van der Waals surface area (Å²) in [7, 11) is 0. The Hall–Kier alpha value is -1.35. The Morgan fingerprint density at radius 1 is 1.46 bits per heavy atom. The van der Waals surface area contributed by atoms with Crippen LogP contribution in [-0.4, -0.2) is 17.1 Å². The summed E-state index contributed by atoms with van der Waals surface area (Å²) in [5.41, 5.74) is 7.11. The molecule has 0 fully saturated rings. The molecule has 0 bridgehead atoms. The van der Waals surface area contributed by atoms with Crippen molar-refractivity contribution in [2.45, 2.75) is 18.4 Å². The van der Waals surface area contributed by atoms with Gasteiger partial charge in [-0.25, -0.2) is 0 Å². The number of fused-ring (bicyclic) bond motifs is 1. The molecule has 1 aromatic carbocycles. The smallest absolute Gasteiger partial charge is 0.227 e. The monoisotopic (exact) mass is 177 g/mol. The average Bonchev–Trinajstić information content (AvgIpc) is 2.39. The summed E-state index contributed by atoms with van der Waals surface area (Å²) in [5, 5.41) is 9.58. The first-order valence-electron chi connectivity index (χ1n) is 4.25. The van der Waals surface area contributed by atoms with Gasteiger partial charge in [-0.3, -0.25) is 4.79 Å². The molecule has 0 aromatic heterocycles. The third-order valence-corrected chi connectivity index (χ3v) is 2.51. The van der Waals surface area contributed by atoms with Gasteiger partial charge in [-0.05, 0) is 17.5 Å². The summed E-state index contributed by atoms with van der Waals surface area (Å²) >= 11 is 0. The van der Waals surface area contributed by atoms with Crippen LogP contribution in [0.15, 0.2) is 24.3 Å². The highest BCUT2D eigenvalue weighted by atomic mass is 16.3. The molecule has 13 heavy (non-hydrogen) atoms. The van der Waals surface area contributed by atoms with Crippen LogP contribution in [0.5, 0.6) is 0 Å². The van der Waals surface area contributed by atoms with E-state index in [4.69, 9.17) is 5.73 Å². The van der Waals surface area contributed by atoms with Crippen molar-refractivity contribution in [3.63, 3.8) is 0 Å². The predicted molar refractivity (Wildman–Crippen MR) is 48.1 cm³/mol. The lowest BCUT2D eigenvalue weighted by molar-refractivity contribution is -0.121. The Morgan fingerprint density at radius 2 is 2.15 bits per heavy atom. The highest BCUT2D eigenvalue weighted by molar-refractivity contribution is 5.84. The molecule has 3 N–H and O–H groups in total. The molecule has 0 spiro atoms. The van der Waals surface area contributed by atoms with Crippen molar-refractivity contribution in [1.82, 2.24) is 0 Å². The molecule has 0 unspecified atom stereocenters. The van der Waals surface area contributed by atoms with E-state index in [0.29, 0.717) is 6.42 Å². The number of aliphatic hydroxyl groups excluding tert-OH is 1. The average molecular weight is 177 g/mol. The van der Waals surface area contributed by atoms with Gasteiger partial charge in [0.1, 0.15) is 0 Å². The van der Waals surface area contributed by atoms with Crippen LogP contribution >= 0.6 is 0 Å². The summed E-state index contributed by atoms with van der Waals surface area (Å²) in [6, 6.07) is 7.52. The molecule has 0 saturated heterocycles. The fourth-order valence-corrected chi connectivity index (χ4v) is 1.92. The highest BCUT2D eigenvalue weighted by Crippen LogP contribution is 2.32. The van der Waals surface area contributed by atoms with Crippen molar-refractivity contribution in [3.8, 4) is 0 Å². The van der Waals surface area contributed by atoms with Gasteiger partial charge in [0, 0.05) is 0 Å². The largest absolute Gasteiger partial charge is 0.392 e. The minimum atomic E-state index is -0.644. The van der Waals surface area contributed by atoms with Crippen LogP contribution in [0.1, 0.15) is 17.0 Å². The van der Waals surface area contributed by atoms with Crippen LogP contribution in [0.3, 0.4) is 0 Å². The number of nitrogens with two attached hydrogens (primary N) is 1. The number of primary amides is 1. The van der Waals surface area contributed by atoms with E-state index < -0.39 is 17.9 Å². The third kappa shape index (κ3) is 1.21. The normalized spacial score (nSPS) is 25.6. The van der Waals surface area contributed by atoms with Crippen LogP contribution in [0.25, 0.3) is 0 Å². The van der Waals surface area contributed by atoms with E-state index in [1.807, 2.05) is 24.3 Å². The van der Waals surface area contributed by atoms with Crippen LogP contribution in [0.4, 0.5) is 0 Å². The summed E-state index contributed by atoms with van der Waals surface area (Å²) in [6.07, 6.45) is -0.112. The molecule has 3 nitrogen and oxygen atoms in total. The first-order valence-corrected chi connectivity index (χ1v) is 4.25. The number of benzene rings is 1. The zero-order valence-corrected chi connectivity index (χ0v) is 7.10. The Balaban J connectivity index is 2.46. The second-order valence-electron chi connectivity index (χ2n) is 3.35. The van der Waals surface area contributed by atoms with E-state index in [9.17, 15) is 9.90 Å². The van der Waals surface area contributed by atoms with E-state index in [1.54, 1.807) is 0 Å². The lowest BCUT2D eigenvalue weighted by atomic mass is 9.99. The minimum absolute atomic E-state index is 0.447. The van der Waals surface area contributed by atoms with Gasteiger partial charge in [0.05, 0.1) is 12.0 Å². The van der Waals surface area contributed by atoms with Crippen molar-refractivity contribution >= 4 is 5.91 Å². The number of rotatable bonds is 1. The van der Waals surface area contributed by atoms with Crippen LogP contribution in [-0.2, 0) is 11.2 Å². The fraction of sp³-hybridized carbons (Fsp3) is 0.300. The number of amides is 1. The van der Waals surface area contributed by atoms with Gasteiger partial charge >= 0.3 is 0 Å². The number of carbonyl (C=O) groups excluding carboxylic acids is 1. The van der Waals surface area contributed by atoms with Gasteiger partial charge in [-0.1, -0.05) is 24.3 Å². The lowest BCUT2D eigenvalue weighted by Crippen LogP contribution is -2.28. The van der Waals surface area contributed by atoms with Crippen LogP contribution < -0.4 is 5.73 Å². The molecule has 0 saturated carbocycles. The molecule has 1 aliphatic rings. The maximum atomic E-state index is 11.0. The SMILES string of the molecule is NC(=O)[C@H]1c2ccccc2C[C@H]1O. The molecular weight excluding hydrogens is 166 g/mol. The van der Waals surface area contributed by atoms with E-state index >= 15 is 0 Å². The van der Waals surface area contributed by atoms with Gasteiger partial charge in [-0.2, -0.15) is 0 Å². The molecule has 2 rings (SSSR count). The first kappa shape index (κ1) is 8.26. The highest BCUT2D eigenvalue weighted by Gasteiger charge is 2.34. The van der Waals surface area contributed by atoms with E-state index in [1.165, 1.54) is 0 Å². The van der Waals surface area contributed by atoms with Gasteiger partial charge < -0.3 is 10.8 Å². The molecule has 1 amide bonds. The van der Waals surface area contributed by atoms with E-state index in [0.717, 1.165) is 11.1 Å². The van der Waals surface area contributed by atoms with E-state index in [2.05, 4.69) is 0 Å². The molecule has 2 atom stereocenters. The first-order chi connectivity index (χ1) is 6.20. The summed E-state index contributed by atoms with van der Waals surface area (Å²) in [6.45, 7) is 0. The Labute approximate surface area is 76.2 Å². The number of hydrogen-bond donors (Lipinski definition) is 2. The van der Waals surface area contributed by atoms with Gasteiger partial charge in [0.15, 0.2) is 0 Å². The molecule has 0 aliphatic heterocycles. The summed E-state index contributed by atoms with van der Waals surface area (Å²) in [4.78, 5) is 11.0. The molecule has 0 radical (unpaired) electrons. The number of hydrogen-bond acceptors (Lipinski definition) is 2. The van der Waals surface area contributed by atoms with Crippen molar-refractivity contribution < 1.29 is 9.90 Å². The molecular formula is C10H11NO2. The molecule has 0 heterocycles. The summed E-state index contributed by atoms with van der Waals surface area (Å²) in [5.74, 6) is -0.964. The van der Waals surface area contributed by atoms with Gasteiger partial charge in [0.2, 0.25) is 5.91 Å². The van der Waals surface area contributed by atoms with Gasteiger partial charge in [-0.15, -0.1) is 0 Å². The van der Waals surface area contributed by atoms with Crippen molar-refractivity contribution in [2.75, 3.05) is 0 Å². The van der Waals surface area contributed by atoms with Gasteiger partial charge in [0.25, 0.3) is 0 Å². The Kier molecular flexibility index (Phi) is 1.81. The zero-order valence-electron chi connectivity index (χ0n) is 7.10. The Morgan fingerprint density at radius 3 is 2.85 bits per heavy atom. The summed E-state index contributed by atoms with van der Waals surface area (Å²) < 4.78 is 0. The topological polar surface area (TPSA) is 63.3 Å². The zero-order chi connectivity index (χ0) is 9.42. The maximum absolute atomic E-state index is 11.0. The van der Waals surface area contributed by atoms with Crippen molar-refractivity contribution in [2.24, 2.45) is 5.73 Å². The maximum Gasteiger partial charge on any atom is 0.227 e. The fourth-order valence-electron chi connectivity index (χ4n) is 1.92. The second kappa shape index (κ2) is 2.85. The second-order valence-corrected chi connectivity index (χ2v) is 3.35. The Bertz CT molecular complexity index is 349. The predicted octanol–water partition coefficient (Wildman–Crippen LogP) is 0.173. The lowest BCUT2D eigenvalue weighted by Gasteiger charge is -2.10. The van der Waals surface area contributed by atoms with Crippen molar-refractivity contribution in [3.05, 3.63) is 35.4 Å². The van der Waals surface area contributed by atoms with Crippen LogP contribution in [0.2, 0.25) is 0 Å². The van der Waals surface area contributed by atoms with E-state index in [-0.39, 0.29) is 0 Å². The van der Waals surface area contributed by atoms with Crippen LogP contribution in [0, 0.1) is 0 Å². The quantitative estimate of drug-likeness (QED) is 0.642. The number of aliphatic hydroxyl groups is 1. The molecule has 1 aromatic rings. The third-order valence-electron chi connectivity index (χ3n) is 2.51. The molecule has 3 heteroatoms. The molecule has 1 aliphatic carbocycles. The van der Waals surface area contributed by atoms with Crippen molar-refractivity contribution in [1.29, 1.82) is 0 Å². The minimum Gasteiger partial charge on any atom is -0.392 e. The number of carbonyl (C=O) groups is 1.